The summed E-state index contributed by atoms with van der Waals surface area (Å²) in [5, 5.41) is 0.494. The van der Waals surface area contributed by atoms with Crippen molar-refractivity contribution < 1.29 is 14.4 Å². The number of amides is 3. The van der Waals surface area contributed by atoms with Crippen molar-refractivity contribution in [1.29, 1.82) is 0 Å². The van der Waals surface area contributed by atoms with Crippen LogP contribution < -0.4 is 4.90 Å². The lowest BCUT2D eigenvalue weighted by Crippen LogP contribution is -2.44. The van der Waals surface area contributed by atoms with Gasteiger partial charge in [0.25, 0.3) is 11.8 Å². The van der Waals surface area contributed by atoms with Crippen molar-refractivity contribution in [3.05, 3.63) is 64.7 Å². The van der Waals surface area contributed by atoms with Gasteiger partial charge in [-0.25, -0.2) is 0 Å². The number of carbonyl (C=O) groups excluding carboxylic acids is 3. The summed E-state index contributed by atoms with van der Waals surface area (Å²) >= 11 is 6.14. The first-order chi connectivity index (χ1) is 15.0. The standard InChI is InChI=1S/C25H29ClN2O3/c1-2-3-4-5-6-7-8-16-23(29)27(20-13-11-12-19(26)17-20)18-28-24(30)21-14-9-10-15-22(21)25(28)31/h9-15,17H,2-8,16,18H2,1H3. The van der Waals surface area contributed by atoms with Crippen LogP contribution in [0.25, 0.3) is 0 Å². The Kier molecular flexibility index (Phi) is 8.24. The van der Waals surface area contributed by atoms with Gasteiger partial charge in [-0.2, -0.15) is 0 Å². The van der Waals surface area contributed by atoms with Gasteiger partial charge in [0, 0.05) is 17.1 Å². The molecule has 0 radical (unpaired) electrons. The van der Waals surface area contributed by atoms with Gasteiger partial charge in [0.05, 0.1) is 11.1 Å². The molecule has 0 saturated carbocycles. The highest BCUT2D eigenvalue weighted by Gasteiger charge is 2.37. The molecule has 1 aliphatic heterocycles. The van der Waals surface area contributed by atoms with Crippen LogP contribution in [-0.2, 0) is 4.79 Å². The van der Waals surface area contributed by atoms with Crippen LogP contribution in [0.15, 0.2) is 48.5 Å². The third-order valence-electron chi connectivity index (χ3n) is 5.58. The minimum Gasteiger partial charge on any atom is -0.294 e. The lowest BCUT2D eigenvalue weighted by Gasteiger charge is -2.27. The van der Waals surface area contributed by atoms with E-state index in [0.29, 0.717) is 28.3 Å². The monoisotopic (exact) mass is 440 g/mol. The number of carbonyl (C=O) groups is 3. The van der Waals surface area contributed by atoms with Gasteiger partial charge in [0.1, 0.15) is 6.67 Å². The Morgan fingerprint density at radius 3 is 2.10 bits per heavy atom. The molecule has 0 aliphatic carbocycles. The molecule has 2 aromatic rings. The lowest BCUT2D eigenvalue weighted by molar-refractivity contribution is -0.119. The molecule has 0 N–H and O–H groups in total. The number of anilines is 1. The normalized spacial score (nSPS) is 12.9. The summed E-state index contributed by atoms with van der Waals surface area (Å²) in [5.74, 6) is -0.875. The molecule has 5 nitrogen and oxygen atoms in total. The first kappa shape index (κ1) is 23.0. The zero-order valence-corrected chi connectivity index (χ0v) is 18.7. The summed E-state index contributed by atoms with van der Waals surface area (Å²) in [4.78, 5) is 41.3. The molecule has 0 unspecified atom stereocenters. The highest BCUT2D eigenvalue weighted by atomic mass is 35.5. The summed E-state index contributed by atoms with van der Waals surface area (Å²) in [5.41, 5.74) is 1.33. The van der Waals surface area contributed by atoms with E-state index in [1.807, 2.05) is 0 Å². The Morgan fingerprint density at radius 1 is 0.871 bits per heavy atom. The van der Waals surface area contributed by atoms with E-state index in [2.05, 4.69) is 6.92 Å². The van der Waals surface area contributed by atoms with Crippen molar-refractivity contribution in [2.45, 2.75) is 58.3 Å². The van der Waals surface area contributed by atoms with Crippen LogP contribution in [0.3, 0.4) is 0 Å². The Morgan fingerprint density at radius 2 is 1.48 bits per heavy atom. The van der Waals surface area contributed by atoms with Crippen molar-refractivity contribution >= 4 is 35.0 Å². The fraction of sp³-hybridized carbons (Fsp3) is 0.400. The number of unbranched alkanes of at least 4 members (excludes halogenated alkanes) is 6. The first-order valence-electron chi connectivity index (χ1n) is 11.0. The Bertz CT molecular complexity index is 909. The topological polar surface area (TPSA) is 57.7 Å². The molecule has 1 aliphatic rings. The molecule has 0 aromatic heterocycles. The summed E-state index contributed by atoms with van der Waals surface area (Å²) < 4.78 is 0. The second-order valence-electron chi connectivity index (χ2n) is 7.90. The molecule has 0 spiro atoms. The minimum absolute atomic E-state index is 0.118. The van der Waals surface area contributed by atoms with Gasteiger partial charge in [-0.05, 0) is 36.8 Å². The fourth-order valence-corrected chi connectivity index (χ4v) is 4.01. The van der Waals surface area contributed by atoms with Gasteiger partial charge >= 0.3 is 0 Å². The molecule has 3 rings (SSSR count). The molecular weight excluding hydrogens is 412 g/mol. The second-order valence-corrected chi connectivity index (χ2v) is 8.33. The second kappa shape index (κ2) is 11.1. The van der Waals surface area contributed by atoms with Crippen LogP contribution in [0.1, 0.15) is 79.0 Å². The van der Waals surface area contributed by atoms with Crippen molar-refractivity contribution in [1.82, 2.24) is 4.90 Å². The SMILES string of the molecule is CCCCCCCCCC(=O)N(CN1C(=O)c2ccccc2C1=O)c1cccc(Cl)c1. The van der Waals surface area contributed by atoms with Crippen LogP contribution >= 0.6 is 11.6 Å². The maximum atomic E-state index is 13.1. The lowest BCUT2D eigenvalue weighted by atomic mass is 10.1. The highest BCUT2D eigenvalue weighted by Crippen LogP contribution is 2.26. The van der Waals surface area contributed by atoms with Gasteiger partial charge in [0.2, 0.25) is 5.91 Å². The number of hydrogen-bond acceptors (Lipinski definition) is 3. The summed E-state index contributed by atoms with van der Waals surface area (Å²) in [6.45, 7) is 2.07. The van der Waals surface area contributed by atoms with Crippen LogP contribution in [0.2, 0.25) is 5.02 Å². The Balaban J connectivity index is 1.69. The van der Waals surface area contributed by atoms with E-state index in [1.54, 1.807) is 48.5 Å². The molecule has 3 amide bonds. The average molecular weight is 441 g/mol. The van der Waals surface area contributed by atoms with E-state index in [1.165, 1.54) is 30.6 Å². The maximum absolute atomic E-state index is 13.1. The van der Waals surface area contributed by atoms with Crippen LogP contribution in [0.4, 0.5) is 5.69 Å². The van der Waals surface area contributed by atoms with Crippen molar-refractivity contribution in [2.75, 3.05) is 11.6 Å². The smallest absolute Gasteiger partial charge is 0.263 e. The minimum atomic E-state index is -0.378. The molecule has 0 bridgehead atoms. The van der Waals surface area contributed by atoms with E-state index in [4.69, 9.17) is 11.6 Å². The highest BCUT2D eigenvalue weighted by molar-refractivity contribution is 6.31. The third kappa shape index (κ3) is 5.73. The number of rotatable bonds is 11. The molecule has 2 aromatic carbocycles. The van der Waals surface area contributed by atoms with Gasteiger partial charge in [-0.1, -0.05) is 75.2 Å². The number of hydrogen-bond donors (Lipinski definition) is 0. The van der Waals surface area contributed by atoms with E-state index in [9.17, 15) is 14.4 Å². The molecule has 0 saturated heterocycles. The van der Waals surface area contributed by atoms with Crippen molar-refractivity contribution in [2.24, 2.45) is 0 Å². The first-order valence-corrected chi connectivity index (χ1v) is 11.4. The average Bonchev–Trinajstić information content (AvgIpc) is 3.01. The van der Waals surface area contributed by atoms with Crippen LogP contribution in [-0.4, -0.2) is 29.3 Å². The summed E-state index contributed by atoms with van der Waals surface area (Å²) in [6.07, 6.45) is 8.14. The zero-order valence-electron chi connectivity index (χ0n) is 18.0. The predicted molar refractivity (Wildman–Crippen MR) is 123 cm³/mol. The number of imide groups is 1. The number of nitrogens with zero attached hydrogens (tertiary/aromatic N) is 2. The maximum Gasteiger partial charge on any atom is 0.263 e. The van der Waals surface area contributed by atoms with Gasteiger partial charge in [0.15, 0.2) is 0 Å². The Labute approximate surface area is 189 Å². The number of fused-ring (bicyclic) bond motifs is 1. The molecule has 1 heterocycles. The van der Waals surface area contributed by atoms with E-state index < -0.39 is 0 Å². The molecule has 31 heavy (non-hydrogen) atoms. The molecule has 0 atom stereocenters. The summed E-state index contributed by atoms with van der Waals surface area (Å²) in [7, 11) is 0. The van der Waals surface area contributed by atoms with Crippen molar-refractivity contribution in [3.8, 4) is 0 Å². The summed E-state index contributed by atoms with van der Waals surface area (Å²) in [6, 6.07) is 13.7. The third-order valence-corrected chi connectivity index (χ3v) is 5.81. The molecular formula is C25H29ClN2O3. The Hall–Kier alpha value is -2.66. The van der Waals surface area contributed by atoms with Crippen molar-refractivity contribution in [3.63, 3.8) is 0 Å². The number of benzene rings is 2. The van der Waals surface area contributed by atoms with Gasteiger partial charge < -0.3 is 0 Å². The van der Waals surface area contributed by atoms with Gasteiger partial charge in [-0.15, -0.1) is 0 Å². The van der Waals surface area contributed by atoms with E-state index in [0.717, 1.165) is 24.2 Å². The fourth-order valence-electron chi connectivity index (χ4n) is 3.83. The molecule has 0 fully saturated rings. The van der Waals surface area contributed by atoms with Crippen LogP contribution in [0.5, 0.6) is 0 Å². The molecule has 6 heteroatoms. The zero-order chi connectivity index (χ0) is 22.2. The van der Waals surface area contributed by atoms with Crippen LogP contribution in [0, 0.1) is 0 Å². The van der Waals surface area contributed by atoms with Gasteiger partial charge in [-0.3, -0.25) is 24.2 Å². The largest absolute Gasteiger partial charge is 0.294 e. The molecule has 164 valence electrons. The van der Waals surface area contributed by atoms with E-state index >= 15 is 0 Å². The predicted octanol–water partition coefficient (Wildman–Crippen LogP) is 6.07. The quantitative estimate of drug-likeness (QED) is 0.315. The van der Waals surface area contributed by atoms with E-state index in [-0.39, 0.29) is 24.4 Å². The number of halogens is 1.